The number of hydrogen-bond donors (Lipinski definition) is 1. The first-order valence-electron chi connectivity index (χ1n) is 5.67. The number of hydrogen-bond acceptors (Lipinski definition) is 3. The number of aliphatic hydroxyl groups excluding tert-OH is 1. The lowest BCUT2D eigenvalue weighted by Gasteiger charge is -2.35. The maximum Gasteiger partial charge on any atom is 0.114 e. The Morgan fingerprint density at radius 2 is 2.25 bits per heavy atom. The number of aliphatic hydroxyl groups is 1. The van der Waals surface area contributed by atoms with Crippen LogP contribution in [0.4, 0.5) is 0 Å². The molecule has 3 heteroatoms. The minimum atomic E-state index is -0.371. The molecule has 1 aliphatic rings. The Bertz CT molecular complexity index is 351. The molecule has 0 radical (unpaired) electrons. The molecular formula is C13H18O3. The summed E-state index contributed by atoms with van der Waals surface area (Å²) in [5.74, 6) is 0. The SMILES string of the molecule is CC1(COCCO)OCCc2ccccc21. The Hall–Kier alpha value is -0.900. The molecule has 1 unspecified atom stereocenters. The third-order valence-electron chi connectivity index (χ3n) is 2.99. The molecule has 0 aliphatic carbocycles. The maximum atomic E-state index is 8.71. The van der Waals surface area contributed by atoms with Gasteiger partial charge >= 0.3 is 0 Å². The van der Waals surface area contributed by atoms with Crippen molar-refractivity contribution in [2.75, 3.05) is 26.4 Å². The second kappa shape index (κ2) is 4.95. The third-order valence-corrected chi connectivity index (χ3v) is 2.99. The van der Waals surface area contributed by atoms with Gasteiger partial charge in [-0.2, -0.15) is 0 Å². The molecule has 1 N–H and O–H groups in total. The van der Waals surface area contributed by atoms with Gasteiger partial charge in [0.2, 0.25) is 0 Å². The van der Waals surface area contributed by atoms with Crippen LogP contribution in [-0.4, -0.2) is 31.5 Å². The number of fused-ring (bicyclic) bond motifs is 1. The first-order valence-corrected chi connectivity index (χ1v) is 5.67. The quantitative estimate of drug-likeness (QED) is 0.784. The molecule has 1 aromatic rings. The van der Waals surface area contributed by atoms with E-state index in [2.05, 4.69) is 18.2 Å². The average Bonchev–Trinajstić information content (AvgIpc) is 2.30. The fraction of sp³-hybridized carbons (Fsp3) is 0.538. The van der Waals surface area contributed by atoms with Crippen molar-refractivity contribution in [3.63, 3.8) is 0 Å². The molecule has 0 fully saturated rings. The first kappa shape index (κ1) is 11.6. The summed E-state index contributed by atoms with van der Waals surface area (Å²) in [7, 11) is 0. The standard InChI is InChI=1S/C13H18O3/c1-13(10-15-9-7-14)12-5-3-2-4-11(12)6-8-16-13/h2-5,14H,6-10H2,1H3. The van der Waals surface area contributed by atoms with E-state index in [0.717, 1.165) is 13.0 Å². The summed E-state index contributed by atoms with van der Waals surface area (Å²) >= 11 is 0. The molecule has 1 aliphatic heterocycles. The summed E-state index contributed by atoms with van der Waals surface area (Å²) in [6.45, 7) is 3.68. The van der Waals surface area contributed by atoms with Crippen molar-refractivity contribution in [1.29, 1.82) is 0 Å². The van der Waals surface area contributed by atoms with Gasteiger partial charge in [-0.05, 0) is 24.5 Å². The molecule has 1 aromatic carbocycles. The summed E-state index contributed by atoms with van der Waals surface area (Å²) in [5, 5.41) is 8.71. The van der Waals surface area contributed by atoms with Crippen molar-refractivity contribution in [3.8, 4) is 0 Å². The van der Waals surface area contributed by atoms with E-state index in [9.17, 15) is 0 Å². The van der Waals surface area contributed by atoms with Crippen molar-refractivity contribution >= 4 is 0 Å². The van der Waals surface area contributed by atoms with Crippen LogP contribution in [0.2, 0.25) is 0 Å². The van der Waals surface area contributed by atoms with Gasteiger partial charge in [0.05, 0.1) is 26.4 Å². The second-order valence-electron chi connectivity index (χ2n) is 4.26. The molecule has 0 saturated heterocycles. The summed E-state index contributed by atoms with van der Waals surface area (Å²) in [5.41, 5.74) is 2.17. The van der Waals surface area contributed by atoms with Gasteiger partial charge in [0.1, 0.15) is 5.60 Å². The van der Waals surface area contributed by atoms with Crippen LogP contribution in [-0.2, 0) is 21.5 Å². The highest BCUT2D eigenvalue weighted by Gasteiger charge is 2.33. The molecule has 0 amide bonds. The van der Waals surface area contributed by atoms with E-state index in [0.29, 0.717) is 13.2 Å². The van der Waals surface area contributed by atoms with Gasteiger partial charge in [0.15, 0.2) is 0 Å². The van der Waals surface area contributed by atoms with Crippen LogP contribution in [0.1, 0.15) is 18.1 Å². The largest absolute Gasteiger partial charge is 0.394 e. The van der Waals surface area contributed by atoms with Crippen LogP contribution in [0.3, 0.4) is 0 Å². The maximum absolute atomic E-state index is 8.71. The lowest BCUT2D eigenvalue weighted by atomic mass is 9.88. The van der Waals surface area contributed by atoms with Crippen molar-refractivity contribution in [3.05, 3.63) is 35.4 Å². The normalized spacial score (nSPS) is 24.1. The summed E-state index contributed by atoms with van der Waals surface area (Å²) in [6, 6.07) is 8.32. The van der Waals surface area contributed by atoms with E-state index in [-0.39, 0.29) is 12.2 Å². The molecule has 0 saturated carbocycles. The van der Waals surface area contributed by atoms with Crippen molar-refractivity contribution < 1.29 is 14.6 Å². The van der Waals surface area contributed by atoms with Crippen LogP contribution in [0.15, 0.2) is 24.3 Å². The molecule has 3 nitrogen and oxygen atoms in total. The summed E-state index contributed by atoms with van der Waals surface area (Å²) in [4.78, 5) is 0. The molecule has 16 heavy (non-hydrogen) atoms. The zero-order valence-corrected chi connectivity index (χ0v) is 9.61. The van der Waals surface area contributed by atoms with E-state index in [1.807, 2.05) is 13.0 Å². The van der Waals surface area contributed by atoms with Gasteiger partial charge in [-0.25, -0.2) is 0 Å². The van der Waals surface area contributed by atoms with Gasteiger partial charge in [0, 0.05) is 0 Å². The van der Waals surface area contributed by atoms with Crippen LogP contribution >= 0.6 is 0 Å². The average molecular weight is 222 g/mol. The van der Waals surface area contributed by atoms with Crippen molar-refractivity contribution in [2.24, 2.45) is 0 Å². The lowest BCUT2D eigenvalue weighted by Crippen LogP contribution is -2.37. The Morgan fingerprint density at radius 1 is 1.44 bits per heavy atom. The fourth-order valence-electron chi connectivity index (χ4n) is 2.17. The highest BCUT2D eigenvalue weighted by Crippen LogP contribution is 2.32. The van der Waals surface area contributed by atoms with Gasteiger partial charge in [0.25, 0.3) is 0 Å². The van der Waals surface area contributed by atoms with Gasteiger partial charge in [-0.15, -0.1) is 0 Å². The molecule has 1 heterocycles. The van der Waals surface area contributed by atoms with E-state index >= 15 is 0 Å². The zero-order valence-electron chi connectivity index (χ0n) is 9.61. The van der Waals surface area contributed by atoms with Crippen LogP contribution in [0.5, 0.6) is 0 Å². The van der Waals surface area contributed by atoms with E-state index in [1.165, 1.54) is 11.1 Å². The predicted molar refractivity (Wildman–Crippen MR) is 61.4 cm³/mol. The Balaban J connectivity index is 2.16. The smallest absolute Gasteiger partial charge is 0.114 e. The monoisotopic (exact) mass is 222 g/mol. The van der Waals surface area contributed by atoms with Gasteiger partial charge < -0.3 is 14.6 Å². The Morgan fingerprint density at radius 3 is 3.06 bits per heavy atom. The molecule has 0 spiro atoms. The van der Waals surface area contributed by atoms with Crippen molar-refractivity contribution in [2.45, 2.75) is 18.9 Å². The van der Waals surface area contributed by atoms with Crippen molar-refractivity contribution in [1.82, 2.24) is 0 Å². The summed E-state index contributed by atoms with van der Waals surface area (Å²) < 4.78 is 11.2. The molecule has 0 aromatic heterocycles. The molecule has 0 bridgehead atoms. The Kier molecular flexibility index (Phi) is 3.59. The van der Waals surface area contributed by atoms with Crippen LogP contribution < -0.4 is 0 Å². The van der Waals surface area contributed by atoms with Crippen LogP contribution in [0.25, 0.3) is 0 Å². The highest BCUT2D eigenvalue weighted by molar-refractivity contribution is 5.34. The Labute approximate surface area is 96.0 Å². The number of benzene rings is 1. The third kappa shape index (κ3) is 2.26. The minimum absolute atomic E-state index is 0.0533. The minimum Gasteiger partial charge on any atom is -0.394 e. The highest BCUT2D eigenvalue weighted by atomic mass is 16.5. The van der Waals surface area contributed by atoms with Crippen LogP contribution in [0, 0.1) is 0 Å². The second-order valence-corrected chi connectivity index (χ2v) is 4.26. The molecular weight excluding hydrogens is 204 g/mol. The first-order chi connectivity index (χ1) is 7.76. The number of ether oxygens (including phenoxy) is 2. The zero-order chi connectivity index (χ0) is 11.4. The fourth-order valence-corrected chi connectivity index (χ4v) is 2.17. The number of rotatable bonds is 4. The molecule has 88 valence electrons. The molecule has 1 atom stereocenters. The van der Waals surface area contributed by atoms with E-state index < -0.39 is 0 Å². The lowest BCUT2D eigenvalue weighted by molar-refractivity contribution is -0.102. The van der Waals surface area contributed by atoms with Gasteiger partial charge in [-0.3, -0.25) is 0 Å². The molecule has 2 rings (SSSR count). The summed E-state index contributed by atoms with van der Waals surface area (Å²) in [6.07, 6.45) is 0.964. The van der Waals surface area contributed by atoms with Gasteiger partial charge in [-0.1, -0.05) is 24.3 Å². The van der Waals surface area contributed by atoms with E-state index in [4.69, 9.17) is 14.6 Å². The topological polar surface area (TPSA) is 38.7 Å². The predicted octanol–water partition coefficient (Wildman–Crippen LogP) is 1.48. The van der Waals surface area contributed by atoms with E-state index in [1.54, 1.807) is 0 Å².